The van der Waals surface area contributed by atoms with E-state index in [1.165, 1.54) is 0 Å². The van der Waals surface area contributed by atoms with E-state index in [0.29, 0.717) is 5.02 Å². The van der Waals surface area contributed by atoms with Crippen LogP contribution in [-0.4, -0.2) is 5.11 Å². The Kier molecular flexibility index (Phi) is 4.08. The molecule has 0 bridgehead atoms. The molecule has 0 aliphatic rings. The lowest BCUT2D eigenvalue weighted by molar-refractivity contribution is 0.219. The van der Waals surface area contributed by atoms with Crippen molar-refractivity contribution in [2.45, 2.75) is 6.10 Å². The molecule has 0 amide bonds. The zero-order chi connectivity index (χ0) is 11.7. The summed E-state index contributed by atoms with van der Waals surface area (Å²) in [5, 5.41) is 14.8. The van der Waals surface area contributed by atoms with Gasteiger partial charge in [-0.15, -0.1) is 0 Å². The van der Waals surface area contributed by atoms with E-state index in [2.05, 4.69) is 31.9 Å². The maximum absolute atomic E-state index is 10.2. The summed E-state index contributed by atoms with van der Waals surface area (Å²) in [4.78, 5) is 0. The van der Waals surface area contributed by atoms with Crippen LogP contribution in [0.4, 0.5) is 0 Å². The largest absolute Gasteiger partial charge is 0.384 e. The second-order valence-electron chi connectivity index (χ2n) is 3.24. The van der Waals surface area contributed by atoms with Crippen LogP contribution in [0.1, 0.15) is 17.2 Å². The third kappa shape index (κ3) is 2.51. The minimum absolute atomic E-state index is 0.646. The topological polar surface area (TPSA) is 20.2 Å². The highest BCUT2D eigenvalue weighted by Gasteiger charge is 2.17. The van der Waals surface area contributed by atoms with Gasteiger partial charge in [0.25, 0.3) is 0 Å². The molecule has 1 atom stereocenters. The van der Waals surface area contributed by atoms with Crippen molar-refractivity contribution in [1.29, 1.82) is 0 Å². The van der Waals surface area contributed by atoms with Gasteiger partial charge in [0.15, 0.2) is 0 Å². The van der Waals surface area contributed by atoms with Gasteiger partial charge < -0.3 is 5.11 Å². The Hall–Kier alpha value is 0.130. The zero-order valence-electron chi connectivity index (χ0n) is 7.95. The predicted molar refractivity (Wildman–Crippen MR) is 75.2 cm³/mol. The summed E-state index contributed by atoms with van der Waals surface area (Å²) in [6, 6.07) is 5.37. The van der Waals surface area contributed by atoms with Crippen molar-refractivity contribution in [1.82, 2.24) is 0 Å². The molecule has 0 radical (unpaired) electrons. The number of thiophene rings is 1. The van der Waals surface area contributed by atoms with Crippen LogP contribution in [0, 0.1) is 0 Å². The molecular weight excluding hydrogens is 375 g/mol. The lowest BCUT2D eigenvalue weighted by Crippen LogP contribution is -1.99. The first-order chi connectivity index (χ1) is 7.59. The molecule has 84 valence electrons. The number of rotatable bonds is 2. The van der Waals surface area contributed by atoms with Gasteiger partial charge in [0.05, 0.1) is 0 Å². The van der Waals surface area contributed by atoms with Crippen molar-refractivity contribution in [2.75, 3.05) is 0 Å². The Morgan fingerprint density at radius 1 is 1.12 bits per heavy atom. The van der Waals surface area contributed by atoms with E-state index in [9.17, 15) is 5.11 Å². The molecule has 1 nitrogen and oxygen atoms in total. The van der Waals surface area contributed by atoms with Gasteiger partial charge in [0.1, 0.15) is 6.10 Å². The molecule has 1 N–H and O–H groups in total. The van der Waals surface area contributed by atoms with Gasteiger partial charge in [-0.25, -0.2) is 0 Å². The molecule has 0 spiro atoms. The summed E-state index contributed by atoms with van der Waals surface area (Å²) in [5.41, 5.74) is 1.68. The van der Waals surface area contributed by atoms with E-state index in [4.69, 9.17) is 11.6 Å². The molecule has 0 fully saturated rings. The van der Waals surface area contributed by atoms with Crippen molar-refractivity contribution in [3.8, 4) is 0 Å². The monoisotopic (exact) mass is 380 g/mol. The van der Waals surface area contributed by atoms with Gasteiger partial charge in [-0.2, -0.15) is 11.3 Å². The molecular formula is C11H7Br2ClOS. The summed E-state index contributed by atoms with van der Waals surface area (Å²) in [6.45, 7) is 0. The fourth-order valence-corrected chi connectivity index (χ4v) is 3.81. The van der Waals surface area contributed by atoms with Crippen molar-refractivity contribution in [3.63, 3.8) is 0 Å². The number of hydrogen-bond acceptors (Lipinski definition) is 2. The van der Waals surface area contributed by atoms with Gasteiger partial charge in [0.2, 0.25) is 0 Å². The van der Waals surface area contributed by atoms with Crippen LogP contribution < -0.4 is 0 Å². The molecule has 0 aliphatic carbocycles. The van der Waals surface area contributed by atoms with E-state index >= 15 is 0 Å². The minimum Gasteiger partial charge on any atom is -0.384 e. The normalized spacial score (nSPS) is 12.8. The van der Waals surface area contributed by atoms with Crippen molar-refractivity contribution in [3.05, 3.63) is 54.1 Å². The SMILES string of the molecule is OC(c1ccc(Cl)cc1Br)c1cscc1Br. The number of aliphatic hydroxyl groups excluding tert-OH is 1. The molecule has 0 saturated carbocycles. The third-order valence-electron chi connectivity index (χ3n) is 2.19. The second-order valence-corrected chi connectivity index (χ2v) is 6.13. The molecule has 1 aromatic heterocycles. The van der Waals surface area contributed by atoms with E-state index in [-0.39, 0.29) is 0 Å². The number of hydrogen-bond donors (Lipinski definition) is 1. The second kappa shape index (κ2) is 5.19. The molecule has 0 saturated heterocycles. The highest BCUT2D eigenvalue weighted by atomic mass is 79.9. The predicted octanol–water partition coefficient (Wildman–Crippen LogP) is 5.01. The standard InChI is InChI=1S/C11H7Br2ClOS/c12-9-3-6(14)1-2-7(9)11(15)8-4-16-5-10(8)13/h1-5,11,15H. The fourth-order valence-electron chi connectivity index (χ4n) is 1.38. The Morgan fingerprint density at radius 2 is 1.88 bits per heavy atom. The van der Waals surface area contributed by atoms with Crippen LogP contribution in [0.5, 0.6) is 0 Å². The van der Waals surface area contributed by atoms with Crippen LogP contribution in [0.2, 0.25) is 5.02 Å². The summed E-state index contributed by atoms with van der Waals surface area (Å²) in [6.07, 6.45) is -0.646. The summed E-state index contributed by atoms with van der Waals surface area (Å²) in [5.74, 6) is 0. The average Bonchev–Trinajstić information content (AvgIpc) is 2.63. The third-order valence-corrected chi connectivity index (χ3v) is 4.87. The lowest BCUT2D eigenvalue weighted by atomic mass is 10.0. The van der Waals surface area contributed by atoms with Crippen LogP contribution in [0.25, 0.3) is 0 Å². The first kappa shape index (κ1) is 12.6. The van der Waals surface area contributed by atoms with Gasteiger partial charge in [-0.05, 0) is 39.0 Å². The average molecular weight is 383 g/mol. The van der Waals surface area contributed by atoms with Crippen molar-refractivity contribution < 1.29 is 5.11 Å². The van der Waals surface area contributed by atoms with Gasteiger partial charge in [-0.3, -0.25) is 0 Å². The Bertz CT molecular complexity index is 512. The van der Waals surface area contributed by atoms with Crippen LogP contribution in [0.3, 0.4) is 0 Å². The summed E-state index contributed by atoms with van der Waals surface area (Å²) >= 11 is 14.2. The number of aliphatic hydroxyl groups is 1. The first-order valence-electron chi connectivity index (χ1n) is 4.44. The highest BCUT2D eigenvalue weighted by molar-refractivity contribution is 9.10. The first-order valence-corrected chi connectivity index (χ1v) is 7.35. The molecule has 0 aliphatic heterocycles. The van der Waals surface area contributed by atoms with Crippen molar-refractivity contribution in [2.24, 2.45) is 0 Å². The molecule has 2 aromatic rings. The van der Waals surface area contributed by atoms with Crippen LogP contribution in [-0.2, 0) is 0 Å². The maximum atomic E-state index is 10.2. The van der Waals surface area contributed by atoms with E-state index in [0.717, 1.165) is 20.1 Å². The number of halogens is 3. The van der Waals surface area contributed by atoms with Crippen LogP contribution in [0.15, 0.2) is 37.9 Å². The molecule has 1 aromatic carbocycles. The van der Waals surface area contributed by atoms with Crippen molar-refractivity contribution >= 4 is 54.8 Å². The van der Waals surface area contributed by atoms with E-state index < -0.39 is 6.10 Å². The molecule has 5 heteroatoms. The number of benzene rings is 1. The molecule has 16 heavy (non-hydrogen) atoms. The Labute approximate surface area is 119 Å². The lowest BCUT2D eigenvalue weighted by Gasteiger charge is -2.12. The quantitative estimate of drug-likeness (QED) is 0.774. The zero-order valence-corrected chi connectivity index (χ0v) is 12.7. The van der Waals surface area contributed by atoms with E-state index in [1.807, 2.05) is 16.8 Å². The Balaban J connectivity index is 2.41. The van der Waals surface area contributed by atoms with Gasteiger partial charge in [0, 0.05) is 24.9 Å². The van der Waals surface area contributed by atoms with Gasteiger partial charge >= 0.3 is 0 Å². The molecule has 1 heterocycles. The molecule has 2 rings (SSSR count). The highest BCUT2D eigenvalue weighted by Crippen LogP contribution is 2.35. The van der Waals surface area contributed by atoms with E-state index in [1.54, 1.807) is 23.5 Å². The van der Waals surface area contributed by atoms with Gasteiger partial charge in [-0.1, -0.05) is 33.6 Å². The summed E-state index contributed by atoms with van der Waals surface area (Å²) in [7, 11) is 0. The maximum Gasteiger partial charge on any atom is 0.107 e. The fraction of sp³-hybridized carbons (Fsp3) is 0.0909. The summed E-state index contributed by atoms with van der Waals surface area (Å²) < 4.78 is 1.73. The minimum atomic E-state index is -0.646. The Morgan fingerprint density at radius 3 is 2.44 bits per heavy atom. The smallest absolute Gasteiger partial charge is 0.107 e. The molecule has 1 unspecified atom stereocenters. The van der Waals surface area contributed by atoms with Crippen LogP contribution >= 0.6 is 54.8 Å².